The number of hydrogen-bond donors (Lipinski definition) is 0. The fraction of sp³-hybridized carbons (Fsp3) is 0.185. The van der Waals surface area contributed by atoms with E-state index in [1.807, 2.05) is 26.9 Å². The second kappa shape index (κ2) is 7.23. The summed E-state index contributed by atoms with van der Waals surface area (Å²) in [5, 5.41) is 0. The van der Waals surface area contributed by atoms with Crippen LogP contribution in [0.3, 0.4) is 0 Å². The van der Waals surface area contributed by atoms with Gasteiger partial charge in [-0.15, -0.1) is 0 Å². The first-order valence-corrected chi connectivity index (χ1v) is 10.9. The molecule has 0 aliphatic heterocycles. The van der Waals surface area contributed by atoms with Gasteiger partial charge in [0.1, 0.15) is 13.6 Å². The fourth-order valence-corrected chi connectivity index (χ4v) is 4.94. The fourth-order valence-electron chi connectivity index (χ4n) is 4.94. The third-order valence-electron chi connectivity index (χ3n) is 6.31. The molecule has 0 amide bonds. The van der Waals surface area contributed by atoms with Crippen molar-refractivity contribution in [3.05, 3.63) is 81.5 Å². The molecule has 0 atom stereocenters. The van der Waals surface area contributed by atoms with E-state index in [4.69, 9.17) is 4.42 Å². The molecule has 0 saturated heterocycles. The van der Waals surface area contributed by atoms with Crippen LogP contribution in [0.4, 0.5) is 0 Å². The summed E-state index contributed by atoms with van der Waals surface area (Å²) in [5.74, 6) is 0.417. The van der Waals surface area contributed by atoms with Gasteiger partial charge in [0, 0.05) is 41.1 Å². The smallest absolute Gasteiger partial charge is 0.197 e. The van der Waals surface area contributed by atoms with Gasteiger partial charge >= 0.3 is 0 Å². The van der Waals surface area contributed by atoms with Crippen molar-refractivity contribution in [2.75, 3.05) is 0 Å². The Morgan fingerprint density at radius 3 is 2.31 bits per heavy atom. The SMILES string of the molecule is Bc1ccc2c(c1)C(=O)/C(=C\c1cc3oc(-c4c(C)cc(C)cc4C)cc3n1CC)C2=O. The zero-order chi connectivity index (χ0) is 22.7. The molecular weight excluding hydrogens is 397 g/mol. The molecule has 2 aromatic heterocycles. The third-order valence-corrected chi connectivity index (χ3v) is 6.31. The first-order chi connectivity index (χ1) is 15.3. The molecule has 1 aliphatic carbocycles. The molecule has 2 heterocycles. The van der Waals surface area contributed by atoms with E-state index in [-0.39, 0.29) is 17.1 Å². The minimum absolute atomic E-state index is 0.208. The molecule has 0 N–H and O–H groups in total. The van der Waals surface area contributed by atoms with Crippen LogP contribution >= 0.6 is 0 Å². The highest BCUT2D eigenvalue weighted by Gasteiger charge is 2.33. The first kappa shape index (κ1) is 20.3. The van der Waals surface area contributed by atoms with E-state index in [9.17, 15) is 9.59 Å². The van der Waals surface area contributed by atoms with Gasteiger partial charge in [0.05, 0.1) is 11.1 Å². The van der Waals surface area contributed by atoms with E-state index < -0.39 is 0 Å². The molecule has 158 valence electrons. The second-order valence-corrected chi connectivity index (χ2v) is 8.71. The molecule has 4 nitrogen and oxygen atoms in total. The van der Waals surface area contributed by atoms with Crippen molar-refractivity contribution in [2.45, 2.75) is 34.2 Å². The summed E-state index contributed by atoms with van der Waals surface area (Å²) in [6, 6.07) is 13.7. The monoisotopic (exact) mass is 421 g/mol. The molecule has 0 fully saturated rings. The molecule has 4 aromatic rings. The lowest BCUT2D eigenvalue weighted by molar-refractivity contribution is 0.0990. The molecule has 0 bridgehead atoms. The lowest BCUT2D eigenvalue weighted by atomic mass is 9.92. The molecule has 0 spiro atoms. The van der Waals surface area contributed by atoms with Gasteiger partial charge in [-0.1, -0.05) is 41.4 Å². The molecule has 0 saturated carbocycles. The first-order valence-electron chi connectivity index (χ1n) is 10.9. The minimum Gasteiger partial charge on any atom is -0.454 e. The Labute approximate surface area is 188 Å². The Bertz CT molecular complexity index is 1460. The maximum Gasteiger partial charge on any atom is 0.197 e. The summed E-state index contributed by atoms with van der Waals surface area (Å²) in [6.45, 7) is 9.04. The number of allylic oxidation sites excluding steroid dienone is 1. The van der Waals surface area contributed by atoms with Crippen LogP contribution in [0.5, 0.6) is 0 Å². The summed E-state index contributed by atoms with van der Waals surface area (Å²) in [7, 11) is 1.92. The average Bonchev–Trinajstić information content (AvgIpc) is 3.33. The number of benzene rings is 2. The summed E-state index contributed by atoms with van der Waals surface area (Å²) in [4.78, 5) is 25.8. The Balaban J connectivity index is 1.61. The van der Waals surface area contributed by atoms with Crippen LogP contribution in [-0.2, 0) is 6.54 Å². The number of aryl methyl sites for hydroxylation is 4. The summed E-state index contributed by atoms with van der Waals surface area (Å²) < 4.78 is 8.34. The van der Waals surface area contributed by atoms with E-state index >= 15 is 0 Å². The van der Waals surface area contributed by atoms with Crippen molar-refractivity contribution in [2.24, 2.45) is 0 Å². The van der Waals surface area contributed by atoms with Crippen LogP contribution in [0.2, 0.25) is 0 Å². The quantitative estimate of drug-likeness (QED) is 0.277. The van der Waals surface area contributed by atoms with Gasteiger partial charge in [0.2, 0.25) is 0 Å². The predicted octanol–water partition coefficient (Wildman–Crippen LogP) is 4.57. The summed E-state index contributed by atoms with van der Waals surface area (Å²) in [5.41, 5.74) is 9.37. The van der Waals surface area contributed by atoms with Crippen molar-refractivity contribution in [1.82, 2.24) is 4.57 Å². The Morgan fingerprint density at radius 1 is 0.938 bits per heavy atom. The number of Topliss-reactive ketones (excluding diaryl/α,β-unsaturated/α-hetero) is 2. The molecule has 5 heteroatoms. The van der Waals surface area contributed by atoms with Crippen LogP contribution in [0.25, 0.3) is 28.5 Å². The van der Waals surface area contributed by atoms with Crippen molar-refractivity contribution < 1.29 is 14.0 Å². The zero-order valence-corrected chi connectivity index (χ0v) is 19.0. The average molecular weight is 421 g/mol. The van der Waals surface area contributed by atoms with Crippen molar-refractivity contribution >= 4 is 42.1 Å². The number of furan rings is 1. The Kier molecular flexibility index (Phi) is 4.59. The van der Waals surface area contributed by atoms with Crippen LogP contribution in [0.15, 0.2) is 52.5 Å². The molecule has 32 heavy (non-hydrogen) atoms. The highest BCUT2D eigenvalue weighted by Crippen LogP contribution is 2.36. The van der Waals surface area contributed by atoms with Crippen molar-refractivity contribution in [3.8, 4) is 11.3 Å². The molecule has 1 aliphatic rings. The lowest BCUT2D eigenvalue weighted by Gasteiger charge is -2.09. The van der Waals surface area contributed by atoms with Gasteiger partial charge in [-0.3, -0.25) is 9.59 Å². The highest BCUT2D eigenvalue weighted by molar-refractivity contribution is 6.42. The van der Waals surface area contributed by atoms with Crippen LogP contribution < -0.4 is 5.46 Å². The number of aromatic nitrogens is 1. The topological polar surface area (TPSA) is 52.2 Å². The number of hydrogen-bond acceptors (Lipinski definition) is 3. The highest BCUT2D eigenvalue weighted by atomic mass is 16.3. The number of carbonyl (C=O) groups excluding carboxylic acids is 2. The van der Waals surface area contributed by atoms with Crippen molar-refractivity contribution in [3.63, 3.8) is 0 Å². The van der Waals surface area contributed by atoms with Gasteiger partial charge < -0.3 is 8.98 Å². The number of carbonyl (C=O) groups is 2. The van der Waals surface area contributed by atoms with E-state index in [2.05, 4.69) is 43.5 Å². The zero-order valence-electron chi connectivity index (χ0n) is 19.0. The lowest BCUT2D eigenvalue weighted by Crippen LogP contribution is -2.05. The molecular formula is C27H24BNO3. The normalized spacial score (nSPS) is 14.7. The largest absolute Gasteiger partial charge is 0.454 e. The van der Waals surface area contributed by atoms with Gasteiger partial charge in [-0.2, -0.15) is 0 Å². The van der Waals surface area contributed by atoms with E-state index in [0.717, 1.165) is 33.6 Å². The van der Waals surface area contributed by atoms with Crippen LogP contribution in [0.1, 0.15) is 50.0 Å². The number of ketones is 2. The summed E-state index contributed by atoms with van der Waals surface area (Å²) in [6.07, 6.45) is 1.71. The third kappa shape index (κ3) is 3.00. The predicted molar refractivity (Wildman–Crippen MR) is 131 cm³/mol. The Morgan fingerprint density at radius 2 is 1.62 bits per heavy atom. The van der Waals surface area contributed by atoms with Gasteiger partial charge in [-0.05, 0) is 44.9 Å². The standard InChI is InChI=1S/C27H24BNO3/c1-5-29-18(11-21-26(30)19-7-6-17(28)10-20(19)27(21)31)12-23-22(29)13-24(32-23)25-15(3)8-14(2)9-16(25)4/h6-13H,5,28H2,1-4H3/b21-11-. The number of fused-ring (bicyclic) bond motifs is 2. The molecule has 0 radical (unpaired) electrons. The Hall–Kier alpha value is -3.60. The van der Waals surface area contributed by atoms with E-state index in [0.29, 0.717) is 17.7 Å². The molecule has 2 aromatic carbocycles. The van der Waals surface area contributed by atoms with Crippen molar-refractivity contribution in [1.29, 1.82) is 0 Å². The summed E-state index contributed by atoms with van der Waals surface area (Å²) >= 11 is 0. The van der Waals surface area contributed by atoms with Gasteiger partial charge in [-0.25, -0.2) is 0 Å². The minimum atomic E-state index is -0.211. The second-order valence-electron chi connectivity index (χ2n) is 8.71. The van der Waals surface area contributed by atoms with E-state index in [1.54, 1.807) is 18.2 Å². The van der Waals surface area contributed by atoms with Gasteiger partial charge in [0.15, 0.2) is 17.1 Å². The maximum atomic E-state index is 12.9. The maximum absolute atomic E-state index is 12.9. The number of nitrogens with zero attached hydrogens (tertiary/aromatic N) is 1. The van der Waals surface area contributed by atoms with Crippen LogP contribution in [0, 0.1) is 20.8 Å². The van der Waals surface area contributed by atoms with E-state index in [1.165, 1.54) is 16.7 Å². The molecule has 0 unspecified atom stereocenters. The number of rotatable bonds is 3. The van der Waals surface area contributed by atoms with Crippen LogP contribution in [-0.4, -0.2) is 24.0 Å². The van der Waals surface area contributed by atoms with Gasteiger partial charge in [0.25, 0.3) is 0 Å². The molecule has 5 rings (SSSR count).